The maximum Gasteiger partial charge on any atom is 0.420 e. The highest BCUT2D eigenvalue weighted by Crippen LogP contribution is 2.43. The average molecular weight is 293 g/mol. The summed E-state index contributed by atoms with van der Waals surface area (Å²) >= 11 is 0. The van der Waals surface area contributed by atoms with Gasteiger partial charge in [0.2, 0.25) is 0 Å². The van der Waals surface area contributed by atoms with E-state index in [0.717, 1.165) is 0 Å². The van der Waals surface area contributed by atoms with Gasteiger partial charge in [0.05, 0.1) is 5.60 Å². The van der Waals surface area contributed by atoms with Gasteiger partial charge in [-0.3, -0.25) is 0 Å². The molecule has 0 amide bonds. The van der Waals surface area contributed by atoms with Crippen molar-refractivity contribution in [3.8, 4) is 0 Å². The van der Waals surface area contributed by atoms with E-state index in [1.165, 1.54) is 13.8 Å². The quantitative estimate of drug-likeness (QED) is 0.809. The van der Waals surface area contributed by atoms with Crippen molar-refractivity contribution < 1.29 is 22.3 Å². The van der Waals surface area contributed by atoms with Crippen LogP contribution in [-0.2, 0) is 10.3 Å². The molecule has 2 nitrogen and oxygen atoms in total. The van der Waals surface area contributed by atoms with Gasteiger partial charge < -0.3 is 10.5 Å². The van der Waals surface area contributed by atoms with Gasteiger partial charge in [0.15, 0.2) is 0 Å². The normalized spacial score (nSPS) is 13.6. The Hall–Kier alpha value is -1.14. The number of halogens is 4. The van der Waals surface area contributed by atoms with E-state index in [2.05, 4.69) is 4.74 Å². The van der Waals surface area contributed by atoms with Gasteiger partial charge in [-0.15, -0.1) is 0 Å². The van der Waals surface area contributed by atoms with Gasteiger partial charge in [-0.25, -0.2) is 0 Å². The number of ether oxygens (including phenoxy) is 1. The van der Waals surface area contributed by atoms with E-state index < -0.39 is 30.6 Å². The highest BCUT2D eigenvalue weighted by Gasteiger charge is 2.59. The first-order valence-electron chi connectivity index (χ1n) is 6.25. The second-order valence-electron chi connectivity index (χ2n) is 5.19. The van der Waals surface area contributed by atoms with Gasteiger partial charge >= 0.3 is 12.0 Å². The Labute approximate surface area is 115 Å². The maximum atomic E-state index is 13.7. The van der Waals surface area contributed by atoms with Gasteiger partial charge in [-0.1, -0.05) is 24.3 Å². The number of nitrogens with two attached hydrogens (primary N) is 1. The first-order valence-corrected chi connectivity index (χ1v) is 6.25. The molecule has 1 aromatic rings. The van der Waals surface area contributed by atoms with E-state index in [9.17, 15) is 17.6 Å². The summed E-state index contributed by atoms with van der Waals surface area (Å²) in [4.78, 5) is 0. The fourth-order valence-electron chi connectivity index (χ4n) is 2.03. The van der Waals surface area contributed by atoms with Crippen LogP contribution in [0.5, 0.6) is 0 Å². The molecule has 114 valence electrons. The summed E-state index contributed by atoms with van der Waals surface area (Å²) in [5, 5.41) is 0. The molecule has 0 aromatic heterocycles. The molecule has 0 aliphatic carbocycles. The van der Waals surface area contributed by atoms with Crippen LogP contribution >= 0.6 is 0 Å². The smallest absolute Gasteiger partial charge is 0.330 e. The van der Waals surface area contributed by atoms with Gasteiger partial charge in [0.25, 0.3) is 0 Å². The Morgan fingerprint density at radius 3 is 2.15 bits per heavy atom. The molecule has 0 unspecified atom stereocenters. The zero-order valence-electron chi connectivity index (χ0n) is 11.7. The molecule has 0 saturated carbocycles. The molecule has 0 aliphatic heterocycles. The van der Waals surface area contributed by atoms with Crippen LogP contribution in [-0.4, -0.2) is 18.6 Å². The van der Waals surface area contributed by atoms with Gasteiger partial charge in [0.1, 0.15) is 0 Å². The molecule has 6 heteroatoms. The van der Waals surface area contributed by atoms with Crippen LogP contribution in [0.25, 0.3) is 0 Å². The summed E-state index contributed by atoms with van der Waals surface area (Å²) in [7, 11) is 0. The molecule has 1 aromatic carbocycles. The monoisotopic (exact) mass is 293 g/mol. The summed E-state index contributed by atoms with van der Waals surface area (Å²) in [5.74, 6) is -4.30. The third kappa shape index (κ3) is 3.49. The minimum absolute atomic E-state index is 0.434. The Balaban J connectivity index is 3.04. The molecular weight excluding hydrogens is 274 g/mol. The van der Waals surface area contributed by atoms with E-state index in [4.69, 9.17) is 5.73 Å². The molecular formula is C14H19F4NO. The van der Waals surface area contributed by atoms with E-state index >= 15 is 0 Å². The average Bonchev–Trinajstić information content (AvgIpc) is 2.27. The Morgan fingerprint density at radius 2 is 1.65 bits per heavy atom. The van der Waals surface area contributed by atoms with Crippen LogP contribution in [0.1, 0.15) is 31.4 Å². The predicted molar refractivity (Wildman–Crippen MR) is 68.9 cm³/mol. The second kappa shape index (κ2) is 5.69. The van der Waals surface area contributed by atoms with Crippen molar-refractivity contribution >= 4 is 0 Å². The molecule has 0 heterocycles. The van der Waals surface area contributed by atoms with Crippen molar-refractivity contribution in [2.24, 2.45) is 5.73 Å². The Morgan fingerprint density at radius 1 is 1.10 bits per heavy atom. The lowest BCUT2D eigenvalue weighted by Gasteiger charge is -2.35. The van der Waals surface area contributed by atoms with Crippen LogP contribution in [0, 0.1) is 6.92 Å². The first-order chi connectivity index (χ1) is 9.03. The van der Waals surface area contributed by atoms with Crippen molar-refractivity contribution in [2.75, 3.05) is 6.54 Å². The predicted octanol–water partition coefficient (Wildman–Crippen LogP) is 3.82. The van der Waals surface area contributed by atoms with E-state index in [1.807, 2.05) is 0 Å². The van der Waals surface area contributed by atoms with Gasteiger partial charge in [-0.2, -0.15) is 17.6 Å². The lowest BCUT2D eigenvalue weighted by Crippen LogP contribution is -2.48. The molecule has 0 bridgehead atoms. The SMILES string of the molecule is Cc1ccccc1C(C)(C)OC(F)(F)C(F)(F)CCN. The first kappa shape index (κ1) is 16.9. The number of hydrogen-bond acceptors (Lipinski definition) is 2. The van der Waals surface area contributed by atoms with Gasteiger partial charge in [-0.05, 0) is 38.4 Å². The Bertz CT molecular complexity index is 460. The molecule has 20 heavy (non-hydrogen) atoms. The molecule has 0 fully saturated rings. The molecule has 0 aliphatic rings. The van der Waals surface area contributed by atoms with Crippen LogP contribution < -0.4 is 5.73 Å². The van der Waals surface area contributed by atoms with Crippen molar-refractivity contribution in [2.45, 2.75) is 44.8 Å². The van der Waals surface area contributed by atoms with E-state index in [-0.39, 0.29) is 0 Å². The minimum Gasteiger partial charge on any atom is -0.330 e. The fourth-order valence-corrected chi connectivity index (χ4v) is 2.03. The summed E-state index contributed by atoms with van der Waals surface area (Å²) < 4.78 is 58.6. The summed E-state index contributed by atoms with van der Waals surface area (Å²) in [6, 6.07) is 6.66. The van der Waals surface area contributed by atoms with E-state index in [0.29, 0.717) is 11.1 Å². The number of hydrogen-bond donors (Lipinski definition) is 1. The molecule has 0 atom stereocenters. The van der Waals surface area contributed by atoms with Crippen LogP contribution in [0.2, 0.25) is 0 Å². The minimum atomic E-state index is -4.59. The van der Waals surface area contributed by atoms with Crippen molar-refractivity contribution in [1.29, 1.82) is 0 Å². The maximum absolute atomic E-state index is 13.7. The number of rotatable bonds is 6. The molecule has 0 radical (unpaired) electrons. The molecule has 2 N–H and O–H groups in total. The number of alkyl halides is 4. The second-order valence-corrected chi connectivity index (χ2v) is 5.19. The topological polar surface area (TPSA) is 35.2 Å². The van der Waals surface area contributed by atoms with Crippen molar-refractivity contribution in [1.82, 2.24) is 0 Å². The van der Waals surface area contributed by atoms with Crippen molar-refractivity contribution in [3.05, 3.63) is 35.4 Å². The summed E-state index contributed by atoms with van der Waals surface area (Å²) in [6.07, 6.45) is -5.72. The highest BCUT2D eigenvalue weighted by molar-refractivity contribution is 5.30. The highest BCUT2D eigenvalue weighted by atomic mass is 19.3. The third-order valence-corrected chi connectivity index (χ3v) is 3.06. The standard InChI is InChI=1S/C14H19F4NO/c1-10-6-4-5-7-11(10)12(2,3)20-14(17,18)13(15,16)8-9-19/h4-7H,8-9,19H2,1-3H3. The molecule has 0 saturated heterocycles. The van der Waals surface area contributed by atoms with Crippen molar-refractivity contribution in [3.63, 3.8) is 0 Å². The number of aryl methyl sites for hydroxylation is 1. The van der Waals surface area contributed by atoms with E-state index in [1.54, 1.807) is 31.2 Å². The van der Waals surface area contributed by atoms with Gasteiger partial charge in [0, 0.05) is 6.42 Å². The third-order valence-electron chi connectivity index (χ3n) is 3.06. The summed E-state index contributed by atoms with van der Waals surface area (Å²) in [5.41, 5.74) is 4.52. The lowest BCUT2D eigenvalue weighted by atomic mass is 9.93. The Kier molecular flexibility index (Phi) is 4.82. The summed E-state index contributed by atoms with van der Waals surface area (Å²) in [6.45, 7) is 3.83. The molecule has 1 rings (SSSR count). The van der Waals surface area contributed by atoms with Crippen LogP contribution in [0.4, 0.5) is 17.6 Å². The van der Waals surface area contributed by atoms with Crippen LogP contribution in [0.3, 0.4) is 0 Å². The zero-order valence-corrected chi connectivity index (χ0v) is 11.7. The largest absolute Gasteiger partial charge is 0.420 e. The lowest BCUT2D eigenvalue weighted by molar-refractivity contribution is -0.380. The fraction of sp³-hybridized carbons (Fsp3) is 0.571. The number of benzene rings is 1. The zero-order chi connectivity index (χ0) is 15.6. The molecule has 0 spiro atoms. The van der Waals surface area contributed by atoms with Crippen LogP contribution in [0.15, 0.2) is 24.3 Å².